The number of amides is 1. The number of unbranched alkanes of at least 4 members (excludes halogenated alkanes) is 22. The maximum atomic E-state index is 12.9. The number of aliphatic hydroxyl groups excluding tert-OH is 1. The lowest BCUT2D eigenvalue weighted by molar-refractivity contribution is -0.870. The van der Waals surface area contributed by atoms with Crippen LogP contribution in [0.1, 0.15) is 213 Å². The minimum Gasteiger partial charge on any atom is -0.391 e. The van der Waals surface area contributed by atoms with Gasteiger partial charge in [-0.2, -0.15) is 0 Å². The Morgan fingerprint density at radius 2 is 0.984 bits per heavy atom. The minimum absolute atomic E-state index is 0.0721. The molecule has 8 nitrogen and oxygen atoms in total. The number of carbonyl (C=O) groups is 1. The lowest BCUT2D eigenvalue weighted by Gasteiger charge is -2.26. The molecule has 61 heavy (non-hydrogen) atoms. The number of likely N-dealkylation sites (N-methyl/N-ethyl adjacent to an activating group) is 1. The lowest BCUT2D eigenvalue weighted by Crippen LogP contribution is -2.46. The summed E-state index contributed by atoms with van der Waals surface area (Å²) >= 11 is 0. The summed E-state index contributed by atoms with van der Waals surface area (Å²) in [5, 5.41) is 14.0. The predicted octanol–water partition coefficient (Wildman–Crippen LogP) is 14.6. The van der Waals surface area contributed by atoms with Gasteiger partial charge in [0, 0.05) is 6.42 Å². The van der Waals surface area contributed by atoms with Crippen LogP contribution in [-0.2, 0) is 18.4 Å². The van der Waals surface area contributed by atoms with Gasteiger partial charge >= 0.3 is 7.82 Å². The van der Waals surface area contributed by atoms with Crippen LogP contribution in [0.4, 0.5) is 0 Å². The Hall–Kier alpha value is -1.80. The number of phosphoric acid groups is 1. The van der Waals surface area contributed by atoms with E-state index in [-0.39, 0.29) is 19.1 Å². The summed E-state index contributed by atoms with van der Waals surface area (Å²) in [7, 11) is 1.61. The van der Waals surface area contributed by atoms with Crippen molar-refractivity contribution in [3.05, 3.63) is 60.8 Å². The number of phosphoric ester groups is 1. The first-order valence-electron chi connectivity index (χ1n) is 25.2. The van der Waals surface area contributed by atoms with Crippen molar-refractivity contribution < 1.29 is 32.9 Å². The highest BCUT2D eigenvalue weighted by Crippen LogP contribution is 2.43. The molecule has 9 heteroatoms. The van der Waals surface area contributed by atoms with Crippen LogP contribution in [0.15, 0.2) is 60.8 Å². The van der Waals surface area contributed by atoms with Gasteiger partial charge in [-0.3, -0.25) is 13.8 Å². The summed E-state index contributed by atoms with van der Waals surface area (Å²) < 4.78 is 23.7. The van der Waals surface area contributed by atoms with E-state index >= 15 is 0 Å². The topological polar surface area (TPSA) is 105 Å². The van der Waals surface area contributed by atoms with Crippen LogP contribution in [0.2, 0.25) is 0 Å². The number of nitrogens with zero attached hydrogens (tertiary/aromatic N) is 1. The zero-order chi connectivity index (χ0) is 45.0. The van der Waals surface area contributed by atoms with Crippen molar-refractivity contribution in [1.82, 2.24) is 5.32 Å². The van der Waals surface area contributed by atoms with Crippen molar-refractivity contribution in [2.45, 2.75) is 225 Å². The van der Waals surface area contributed by atoms with Crippen molar-refractivity contribution in [3.8, 4) is 0 Å². The summed E-state index contributed by atoms with van der Waals surface area (Å²) in [4.78, 5) is 23.2. The molecule has 1 amide bonds. The quantitative estimate of drug-likeness (QED) is 0.0244. The summed E-state index contributed by atoms with van der Waals surface area (Å²) in [6.07, 6.45) is 56.8. The van der Waals surface area contributed by atoms with Gasteiger partial charge in [0.2, 0.25) is 5.91 Å². The standard InChI is InChI=1S/C52H97N2O6P/c1-6-8-10-12-14-16-18-20-21-22-23-24-25-26-27-28-29-30-31-32-33-34-36-38-40-42-44-46-52(56)53-50(49-60-61(57,58)59-48-47-54(3,4)5)51(55)45-43-41-39-37-35-19-17-15-13-11-9-7-2/h8,10,14,16,20-21,23-24,26-27,50-51,55H,6-7,9,11-13,15,17-19,22,25,28-49H2,1-5H3,(H-,53,56,57,58)/p+1/b10-8-,16-14-,21-20-,24-23-,27-26-. The highest BCUT2D eigenvalue weighted by atomic mass is 31.2. The molecule has 0 fully saturated rings. The Morgan fingerprint density at radius 3 is 1.44 bits per heavy atom. The zero-order valence-electron chi connectivity index (χ0n) is 40.4. The van der Waals surface area contributed by atoms with Crippen LogP contribution in [0.5, 0.6) is 0 Å². The summed E-state index contributed by atoms with van der Waals surface area (Å²) in [5.41, 5.74) is 0. The van der Waals surface area contributed by atoms with Crippen LogP contribution in [0.3, 0.4) is 0 Å². The summed E-state index contributed by atoms with van der Waals surface area (Å²) in [5.74, 6) is -0.151. The number of carbonyl (C=O) groups excluding carboxylic acids is 1. The van der Waals surface area contributed by atoms with E-state index in [1.54, 1.807) is 0 Å². The zero-order valence-corrected chi connectivity index (χ0v) is 41.3. The van der Waals surface area contributed by atoms with Crippen LogP contribution in [-0.4, -0.2) is 73.4 Å². The first-order chi connectivity index (χ1) is 29.5. The second-order valence-corrected chi connectivity index (χ2v) is 19.6. The third kappa shape index (κ3) is 46.0. The van der Waals surface area contributed by atoms with Gasteiger partial charge in [0.1, 0.15) is 13.2 Å². The molecule has 0 saturated heterocycles. The van der Waals surface area contributed by atoms with Crippen molar-refractivity contribution in [3.63, 3.8) is 0 Å². The SMILES string of the molecule is CC/C=C\C/C=C\C/C=C\C/C=C\C/C=C\CCCCCCCCCCCCCC(=O)NC(COP(=O)(O)OCC[N+](C)(C)C)C(O)CCCCCCCCCCCCCC. The molecule has 3 atom stereocenters. The molecule has 0 aliphatic heterocycles. The van der Waals surface area contributed by atoms with E-state index in [2.05, 4.69) is 79.9 Å². The number of hydrogen-bond acceptors (Lipinski definition) is 5. The molecule has 0 aliphatic carbocycles. The summed E-state index contributed by atoms with van der Waals surface area (Å²) in [6, 6.07) is -0.763. The van der Waals surface area contributed by atoms with Gasteiger partial charge < -0.3 is 19.8 Å². The minimum atomic E-state index is -4.32. The fourth-order valence-electron chi connectivity index (χ4n) is 7.07. The van der Waals surface area contributed by atoms with E-state index in [4.69, 9.17) is 9.05 Å². The Labute approximate surface area is 377 Å². The van der Waals surface area contributed by atoms with Crippen LogP contribution >= 0.6 is 7.82 Å². The Morgan fingerprint density at radius 1 is 0.574 bits per heavy atom. The maximum Gasteiger partial charge on any atom is 0.472 e. The van der Waals surface area contributed by atoms with Crippen molar-refractivity contribution in [2.24, 2.45) is 0 Å². The van der Waals surface area contributed by atoms with Crippen LogP contribution in [0.25, 0.3) is 0 Å². The first kappa shape index (κ1) is 59.2. The number of allylic oxidation sites excluding steroid dienone is 10. The van der Waals surface area contributed by atoms with Gasteiger partial charge in [-0.1, -0.05) is 209 Å². The van der Waals surface area contributed by atoms with E-state index in [0.29, 0.717) is 23.9 Å². The van der Waals surface area contributed by atoms with Gasteiger partial charge in [-0.25, -0.2) is 4.57 Å². The Kier molecular flexibility index (Phi) is 42.2. The molecule has 0 heterocycles. The number of rotatable bonds is 45. The third-order valence-electron chi connectivity index (χ3n) is 11.0. The molecular formula is C52H98N2O6P+. The molecule has 0 radical (unpaired) electrons. The average molecular weight is 878 g/mol. The molecule has 0 spiro atoms. The molecule has 0 aromatic heterocycles. The van der Waals surface area contributed by atoms with Crippen LogP contribution < -0.4 is 5.32 Å². The van der Waals surface area contributed by atoms with Gasteiger partial charge in [0.25, 0.3) is 0 Å². The van der Waals surface area contributed by atoms with Gasteiger partial charge in [0.15, 0.2) is 0 Å². The Balaban J connectivity index is 4.17. The molecule has 0 bridgehead atoms. The largest absolute Gasteiger partial charge is 0.472 e. The van der Waals surface area contributed by atoms with Gasteiger partial charge in [-0.05, 0) is 57.8 Å². The molecule has 0 aromatic rings. The highest BCUT2D eigenvalue weighted by molar-refractivity contribution is 7.47. The molecule has 3 N–H and O–H groups in total. The van der Waals surface area contributed by atoms with Crippen molar-refractivity contribution in [2.75, 3.05) is 40.9 Å². The maximum absolute atomic E-state index is 12.9. The van der Waals surface area contributed by atoms with Gasteiger partial charge in [-0.15, -0.1) is 0 Å². The average Bonchev–Trinajstić information content (AvgIpc) is 3.21. The summed E-state index contributed by atoms with van der Waals surface area (Å²) in [6.45, 7) is 4.76. The van der Waals surface area contributed by atoms with Crippen molar-refractivity contribution in [1.29, 1.82) is 0 Å². The predicted molar refractivity (Wildman–Crippen MR) is 263 cm³/mol. The number of quaternary nitrogens is 1. The molecule has 356 valence electrons. The smallest absolute Gasteiger partial charge is 0.391 e. The molecule has 3 unspecified atom stereocenters. The third-order valence-corrected chi connectivity index (χ3v) is 12.0. The highest BCUT2D eigenvalue weighted by Gasteiger charge is 2.28. The molecule has 0 rings (SSSR count). The number of hydrogen-bond donors (Lipinski definition) is 3. The van der Waals surface area contributed by atoms with Crippen LogP contribution in [0, 0.1) is 0 Å². The lowest BCUT2D eigenvalue weighted by atomic mass is 10.0. The monoisotopic (exact) mass is 878 g/mol. The first-order valence-corrected chi connectivity index (χ1v) is 26.6. The van der Waals surface area contributed by atoms with E-state index in [0.717, 1.165) is 70.6 Å². The van der Waals surface area contributed by atoms with E-state index < -0.39 is 20.0 Å². The Bertz CT molecular complexity index is 1180. The van der Waals surface area contributed by atoms with E-state index in [9.17, 15) is 19.4 Å². The van der Waals surface area contributed by atoms with Gasteiger partial charge in [0.05, 0.1) is 39.9 Å². The molecule has 0 aromatic carbocycles. The fraction of sp³-hybridized carbons (Fsp3) is 0.788. The second kappa shape index (κ2) is 43.5. The second-order valence-electron chi connectivity index (χ2n) is 18.2. The molecular weight excluding hydrogens is 780 g/mol. The normalized spacial score (nSPS) is 14.7. The van der Waals surface area contributed by atoms with Crippen molar-refractivity contribution >= 4 is 13.7 Å². The van der Waals surface area contributed by atoms with E-state index in [1.165, 1.54) is 116 Å². The fourth-order valence-corrected chi connectivity index (χ4v) is 7.81. The molecule has 0 saturated carbocycles. The number of aliphatic hydroxyl groups is 1. The number of nitrogens with one attached hydrogen (secondary N) is 1. The van der Waals surface area contributed by atoms with E-state index in [1.807, 2.05) is 21.1 Å². The molecule has 0 aliphatic rings.